The van der Waals surface area contributed by atoms with Crippen molar-refractivity contribution in [2.24, 2.45) is 0 Å². The Hall–Kier alpha value is -3.09. The summed E-state index contributed by atoms with van der Waals surface area (Å²) in [5.74, 6) is -4.49. The second kappa shape index (κ2) is 4.97. The van der Waals surface area contributed by atoms with Crippen LogP contribution in [0.1, 0.15) is 18.9 Å². The van der Waals surface area contributed by atoms with Gasteiger partial charge in [-0.15, -0.1) is 0 Å². The van der Waals surface area contributed by atoms with Crippen LogP contribution in [-0.2, 0) is 0 Å². The van der Waals surface area contributed by atoms with Gasteiger partial charge in [-0.05, 0) is 25.0 Å². The second-order valence-electron chi connectivity index (χ2n) is 6.54. The summed E-state index contributed by atoms with van der Waals surface area (Å²) in [5, 5.41) is 0.0484. The zero-order valence-corrected chi connectivity index (χ0v) is 13.3. The molecular weight excluding hydrogens is 345 g/mol. The van der Waals surface area contributed by atoms with Crippen molar-refractivity contribution in [1.82, 2.24) is 9.55 Å². The van der Waals surface area contributed by atoms with Crippen LogP contribution in [0.25, 0.3) is 32.7 Å². The first-order chi connectivity index (χ1) is 12.5. The van der Waals surface area contributed by atoms with E-state index in [0.717, 1.165) is 0 Å². The molecule has 7 heteroatoms. The molecule has 0 radical (unpaired) electrons. The standard InChI is InChI=1S/C19H11F3N2O2/c20-11-7-10-17(15(22)14(11)21)24(8-5-6-8)16-9-3-1-2-4-12(9)23-19(26)13(16)18(10)25/h1-4,7-8H,5-6H2,(H,23,26). The highest BCUT2D eigenvalue weighted by Crippen LogP contribution is 2.41. The van der Waals surface area contributed by atoms with Gasteiger partial charge in [0.25, 0.3) is 5.56 Å². The molecule has 1 N–H and O–H groups in total. The van der Waals surface area contributed by atoms with Crippen LogP contribution in [0.3, 0.4) is 0 Å². The van der Waals surface area contributed by atoms with Gasteiger partial charge in [-0.1, -0.05) is 18.2 Å². The van der Waals surface area contributed by atoms with Crippen molar-refractivity contribution in [1.29, 1.82) is 0 Å². The third kappa shape index (κ3) is 1.85. The first kappa shape index (κ1) is 15.2. The Balaban J connectivity index is 2.21. The summed E-state index contributed by atoms with van der Waals surface area (Å²) in [5.41, 5.74) is -0.989. The molecule has 4 nitrogen and oxygen atoms in total. The predicted octanol–water partition coefficient (Wildman–Crippen LogP) is 3.75. The number of rotatable bonds is 1. The van der Waals surface area contributed by atoms with E-state index < -0.39 is 28.4 Å². The molecule has 0 bridgehead atoms. The lowest BCUT2D eigenvalue weighted by atomic mass is 10.1. The zero-order valence-electron chi connectivity index (χ0n) is 13.3. The molecule has 26 heavy (non-hydrogen) atoms. The number of hydrogen-bond donors (Lipinski definition) is 1. The summed E-state index contributed by atoms with van der Waals surface area (Å²) in [6.07, 6.45) is 1.40. The molecule has 1 fully saturated rings. The largest absolute Gasteiger partial charge is 0.334 e. The Morgan fingerprint density at radius 1 is 0.962 bits per heavy atom. The maximum absolute atomic E-state index is 14.7. The Morgan fingerprint density at radius 2 is 1.69 bits per heavy atom. The highest BCUT2D eigenvalue weighted by molar-refractivity contribution is 6.07. The minimum absolute atomic E-state index is 0.173. The van der Waals surface area contributed by atoms with Gasteiger partial charge >= 0.3 is 0 Å². The van der Waals surface area contributed by atoms with Gasteiger partial charge in [0.15, 0.2) is 17.5 Å². The predicted molar refractivity (Wildman–Crippen MR) is 92.0 cm³/mol. The number of fused-ring (bicyclic) bond motifs is 4. The van der Waals surface area contributed by atoms with Crippen LogP contribution < -0.4 is 11.0 Å². The van der Waals surface area contributed by atoms with E-state index in [1.54, 1.807) is 24.3 Å². The fourth-order valence-corrected chi connectivity index (χ4v) is 3.62. The molecule has 0 atom stereocenters. The third-order valence-corrected chi connectivity index (χ3v) is 4.90. The monoisotopic (exact) mass is 356 g/mol. The maximum atomic E-state index is 14.7. The molecular formula is C19H11F3N2O2. The van der Waals surface area contributed by atoms with Crippen LogP contribution in [0.2, 0.25) is 0 Å². The van der Waals surface area contributed by atoms with E-state index in [4.69, 9.17) is 0 Å². The SMILES string of the molecule is O=c1[nH]c2ccccc2c2c1c(=O)c1cc(F)c(F)c(F)c1n2C1CC1. The lowest BCUT2D eigenvalue weighted by molar-refractivity contribution is 0.450. The highest BCUT2D eigenvalue weighted by atomic mass is 19.2. The number of para-hydroxylation sites is 1. The fraction of sp³-hybridized carbons (Fsp3) is 0.158. The van der Waals surface area contributed by atoms with E-state index in [1.807, 2.05) is 0 Å². The Bertz CT molecular complexity index is 1370. The van der Waals surface area contributed by atoms with Crippen LogP contribution in [0.15, 0.2) is 39.9 Å². The van der Waals surface area contributed by atoms with Crippen LogP contribution in [0, 0.1) is 17.5 Å². The molecule has 0 saturated heterocycles. The van der Waals surface area contributed by atoms with Gasteiger partial charge in [-0.3, -0.25) is 9.59 Å². The van der Waals surface area contributed by atoms with E-state index in [1.165, 1.54) is 4.57 Å². The Kier molecular flexibility index (Phi) is 2.90. The molecule has 0 spiro atoms. The zero-order chi connectivity index (χ0) is 18.2. The van der Waals surface area contributed by atoms with Gasteiger partial charge in [0.05, 0.1) is 21.9 Å². The summed E-state index contributed by atoms with van der Waals surface area (Å²) in [7, 11) is 0. The van der Waals surface area contributed by atoms with Gasteiger partial charge in [0, 0.05) is 11.4 Å². The van der Waals surface area contributed by atoms with Gasteiger partial charge in [0.1, 0.15) is 5.39 Å². The number of nitrogens with one attached hydrogen (secondary N) is 1. The molecule has 130 valence electrons. The van der Waals surface area contributed by atoms with Crippen molar-refractivity contribution in [3.8, 4) is 0 Å². The lowest BCUT2D eigenvalue weighted by Crippen LogP contribution is -2.21. The van der Waals surface area contributed by atoms with E-state index in [0.29, 0.717) is 29.8 Å². The molecule has 0 amide bonds. The van der Waals surface area contributed by atoms with Crippen molar-refractivity contribution in [3.63, 3.8) is 0 Å². The number of pyridine rings is 2. The minimum Gasteiger partial charge on any atom is -0.334 e. The topological polar surface area (TPSA) is 54.9 Å². The number of aromatic amines is 1. The molecule has 2 aromatic heterocycles. The Labute approximate surface area is 143 Å². The number of halogens is 3. The average molecular weight is 356 g/mol. The summed E-state index contributed by atoms with van der Waals surface area (Å²) in [4.78, 5) is 28.1. The fourth-order valence-electron chi connectivity index (χ4n) is 3.62. The van der Waals surface area contributed by atoms with E-state index >= 15 is 0 Å². The summed E-state index contributed by atoms with van der Waals surface area (Å²) in [6.45, 7) is 0. The first-order valence-electron chi connectivity index (χ1n) is 8.15. The van der Waals surface area contributed by atoms with E-state index in [-0.39, 0.29) is 27.8 Å². The number of H-pyrrole nitrogens is 1. The molecule has 4 aromatic rings. The van der Waals surface area contributed by atoms with Crippen molar-refractivity contribution in [2.75, 3.05) is 0 Å². The molecule has 5 rings (SSSR count). The highest BCUT2D eigenvalue weighted by Gasteiger charge is 2.31. The molecule has 1 aliphatic rings. The van der Waals surface area contributed by atoms with Crippen molar-refractivity contribution in [3.05, 3.63) is 68.4 Å². The van der Waals surface area contributed by atoms with Crippen LogP contribution >= 0.6 is 0 Å². The molecule has 1 saturated carbocycles. The van der Waals surface area contributed by atoms with Gasteiger partial charge in [0.2, 0.25) is 5.43 Å². The summed E-state index contributed by atoms with van der Waals surface area (Å²) < 4.78 is 43.8. The number of benzene rings is 2. The van der Waals surface area contributed by atoms with Gasteiger partial charge in [-0.25, -0.2) is 13.2 Å². The van der Waals surface area contributed by atoms with Crippen molar-refractivity contribution in [2.45, 2.75) is 18.9 Å². The molecule has 1 aliphatic carbocycles. The maximum Gasteiger partial charge on any atom is 0.261 e. The molecule has 0 aliphatic heterocycles. The van der Waals surface area contributed by atoms with Crippen LogP contribution in [-0.4, -0.2) is 9.55 Å². The van der Waals surface area contributed by atoms with Crippen LogP contribution in [0.4, 0.5) is 13.2 Å². The van der Waals surface area contributed by atoms with Crippen molar-refractivity contribution < 1.29 is 13.2 Å². The van der Waals surface area contributed by atoms with E-state index in [2.05, 4.69) is 4.98 Å². The minimum atomic E-state index is -1.63. The first-order valence-corrected chi connectivity index (χ1v) is 8.15. The second-order valence-corrected chi connectivity index (χ2v) is 6.54. The average Bonchev–Trinajstić information content (AvgIpc) is 3.45. The van der Waals surface area contributed by atoms with Gasteiger partial charge in [-0.2, -0.15) is 0 Å². The normalized spacial score (nSPS) is 14.6. The third-order valence-electron chi connectivity index (χ3n) is 4.90. The molecule has 2 heterocycles. The van der Waals surface area contributed by atoms with E-state index in [9.17, 15) is 22.8 Å². The number of hydrogen-bond acceptors (Lipinski definition) is 2. The lowest BCUT2D eigenvalue weighted by Gasteiger charge is -2.17. The van der Waals surface area contributed by atoms with Crippen LogP contribution in [0.5, 0.6) is 0 Å². The summed E-state index contributed by atoms with van der Waals surface area (Å²) in [6, 6.07) is 7.32. The molecule has 0 unspecified atom stereocenters. The smallest absolute Gasteiger partial charge is 0.261 e. The van der Waals surface area contributed by atoms with Crippen molar-refractivity contribution >= 4 is 32.7 Å². The number of nitrogens with zero attached hydrogens (tertiary/aromatic N) is 1. The molecule has 2 aromatic carbocycles. The Morgan fingerprint density at radius 3 is 2.42 bits per heavy atom. The number of aromatic nitrogens is 2. The summed E-state index contributed by atoms with van der Waals surface area (Å²) >= 11 is 0. The van der Waals surface area contributed by atoms with Gasteiger partial charge < -0.3 is 9.55 Å². The quantitative estimate of drug-likeness (QED) is 0.321.